The standard InChI is InChI=1S/C12H18O2/c1-3-5-6-7-8-9-10-11-12(13)14-4-2/h10-11H,3-7H2,1-2H3. The zero-order chi connectivity index (χ0) is 10.6. The Balaban J connectivity index is 3.53. The molecule has 78 valence electrons. The molecule has 0 fully saturated rings. The lowest BCUT2D eigenvalue weighted by Crippen LogP contribution is -1.98. The minimum absolute atomic E-state index is 0.324. The third-order valence-corrected chi connectivity index (χ3v) is 1.60. The van der Waals surface area contributed by atoms with Crippen LogP contribution in [0.25, 0.3) is 0 Å². The average molecular weight is 194 g/mol. The molecule has 0 saturated heterocycles. The highest BCUT2D eigenvalue weighted by molar-refractivity contribution is 5.82. The molecule has 0 aromatic carbocycles. The molecule has 2 nitrogen and oxygen atoms in total. The molecule has 0 aliphatic rings. The van der Waals surface area contributed by atoms with Crippen LogP contribution in [0, 0.1) is 11.8 Å². The van der Waals surface area contributed by atoms with Gasteiger partial charge in [0.05, 0.1) is 6.61 Å². The van der Waals surface area contributed by atoms with E-state index in [0.717, 1.165) is 12.8 Å². The maximum atomic E-state index is 10.8. The van der Waals surface area contributed by atoms with Gasteiger partial charge in [0.1, 0.15) is 0 Å². The Kier molecular flexibility index (Phi) is 8.99. The number of unbranched alkanes of at least 4 members (excludes halogenated alkanes) is 3. The first-order valence-corrected chi connectivity index (χ1v) is 5.13. The number of hydrogen-bond acceptors (Lipinski definition) is 2. The summed E-state index contributed by atoms with van der Waals surface area (Å²) < 4.78 is 4.69. The first-order valence-electron chi connectivity index (χ1n) is 5.13. The molecule has 0 amide bonds. The third-order valence-electron chi connectivity index (χ3n) is 1.60. The number of carbonyl (C=O) groups is 1. The van der Waals surface area contributed by atoms with Crippen LogP contribution in [0.5, 0.6) is 0 Å². The summed E-state index contributed by atoms with van der Waals surface area (Å²) in [4.78, 5) is 10.8. The molecule has 0 radical (unpaired) electrons. The van der Waals surface area contributed by atoms with Gasteiger partial charge in [0, 0.05) is 12.5 Å². The zero-order valence-corrected chi connectivity index (χ0v) is 9.01. The first kappa shape index (κ1) is 12.8. The molecule has 0 saturated carbocycles. The number of esters is 1. The number of carbonyl (C=O) groups excluding carboxylic acids is 1. The van der Waals surface area contributed by atoms with Crippen molar-refractivity contribution in [2.24, 2.45) is 0 Å². The number of ether oxygens (including phenoxy) is 1. The first-order chi connectivity index (χ1) is 6.81. The Morgan fingerprint density at radius 2 is 2.14 bits per heavy atom. The van der Waals surface area contributed by atoms with Gasteiger partial charge in [-0.25, -0.2) is 4.79 Å². The maximum Gasteiger partial charge on any atom is 0.331 e. The Bertz CT molecular complexity index is 230. The highest BCUT2D eigenvalue weighted by Crippen LogP contribution is 1.96. The largest absolute Gasteiger partial charge is 0.463 e. The van der Waals surface area contributed by atoms with Crippen molar-refractivity contribution >= 4 is 5.97 Å². The fourth-order valence-corrected chi connectivity index (χ4v) is 0.895. The van der Waals surface area contributed by atoms with Crippen molar-refractivity contribution in [2.75, 3.05) is 6.61 Å². The van der Waals surface area contributed by atoms with Gasteiger partial charge in [0.2, 0.25) is 0 Å². The Morgan fingerprint density at radius 1 is 1.36 bits per heavy atom. The normalized spacial score (nSPS) is 9.57. The van der Waals surface area contributed by atoms with E-state index in [2.05, 4.69) is 18.8 Å². The molecule has 0 aliphatic heterocycles. The van der Waals surface area contributed by atoms with Gasteiger partial charge in [0.15, 0.2) is 0 Å². The summed E-state index contributed by atoms with van der Waals surface area (Å²) in [5, 5.41) is 0. The van der Waals surface area contributed by atoms with E-state index < -0.39 is 0 Å². The van der Waals surface area contributed by atoms with Crippen LogP contribution in [0.2, 0.25) is 0 Å². The highest BCUT2D eigenvalue weighted by Gasteiger charge is 1.89. The predicted octanol–water partition coefficient (Wildman–Crippen LogP) is 2.69. The third kappa shape index (κ3) is 8.86. The zero-order valence-electron chi connectivity index (χ0n) is 9.01. The second-order valence-corrected chi connectivity index (χ2v) is 2.86. The van der Waals surface area contributed by atoms with Gasteiger partial charge in [-0.1, -0.05) is 31.6 Å². The summed E-state index contributed by atoms with van der Waals surface area (Å²) in [5.41, 5.74) is 0. The van der Waals surface area contributed by atoms with Gasteiger partial charge in [0.25, 0.3) is 0 Å². The molecule has 14 heavy (non-hydrogen) atoms. The van der Waals surface area contributed by atoms with E-state index in [1.54, 1.807) is 13.0 Å². The van der Waals surface area contributed by atoms with Crippen molar-refractivity contribution in [1.82, 2.24) is 0 Å². The lowest BCUT2D eigenvalue weighted by Gasteiger charge is -1.91. The van der Waals surface area contributed by atoms with Crippen LogP contribution in [0.15, 0.2) is 12.2 Å². The van der Waals surface area contributed by atoms with E-state index in [1.165, 1.54) is 18.9 Å². The predicted molar refractivity (Wildman–Crippen MR) is 57.7 cm³/mol. The minimum Gasteiger partial charge on any atom is -0.463 e. The molecule has 0 unspecified atom stereocenters. The number of hydrogen-bond donors (Lipinski definition) is 0. The van der Waals surface area contributed by atoms with Crippen molar-refractivity contribution in [1.29, 1.82) is 0 Å². The van der Waals surface area contributed by atoms with Crippen LogP contribution in [-0.2, 0) is 9.53 Å². The molecule has 0 heterocycles. The SMILES string of the molecule is CCCCCC#CC=CC(=O)OCC. The number of allylic oxidation sites excluding steroid dienone is 1. The molecular formula is C12H18O2. The molecular weight excluding hydrogens is 176 g/mol. The molecule has 0 aromatic rings. The number of rotatable bonds is 5. The quantitative estimate of drug-likeness (QED) is 0.291. The van der Waals surface area contributed by atoms with Gasteiger partial charge in [-0.2, -0.15) is 0 Å². The van der Waals surface area contributed by atoms with Gasteiger partial charge < -0.3 is 4.74 Å². The molecule has 2 heteroatoms. The van der Waals surface area contributed by atoms with Crippen LogP contribution < -0.4 is 0 Å². The van der Waals surface area contributed by atoms with Crippen LogP contribution in [0.1, 0.15) is 39.5 Å². The van der Waals surface area contributed by atoms with Crippen molar-refractivity contribution in [3.8, 4) is 11.8 Å². The van der Waals surface area contributed by atoms with E-state index in [4.69, 9.17) is 4.74 Å². The van der Waals surface area contributed by atoms with Gasteiger partial charge >= 0.3 is 5.97 Å². The molecule has 0 spiro atoms. The lowest BCUT2D eigenvalue weighted by atomic mass is 10.2. The van der Waals surface area contributed by atoms with E-state index in [9.17, 15) is 4.79 Å². The fraction of sp³-hybridized carbons (Fsp3) is 0.583. The summed E-state index contributed by atoms with van der Waals surface area (Å²) in [6.45, 7) is 4.35. The molecule has 0 aromatic heterocycles. The second-order valence-electron chi connectivity index (χ2n) is 2.86. The van der Waals surface area contributed by atoms with Gasteiger partial charge in [-0.3, -0.25) is 0 Å². The molecule has 0 atom stereocenters. The summed E-state index contributed by atoms with van der Waals surface area (Å²) >= 11 is 0. The minimum atomic E-state index is -0.324. The van der Waals surface area contributed by atoms with E-state index in [0.29, 0.717) is 6.61 Å². The van der Waals surface area contributed by atoms with E-state index in [1.807, 2.05) is 0 Å². The van der Waals surface area contributed by atoms with E-state index in [-0.39, 0.29) is 5.97 Å². The topological polar surface area (TPSA) is 26.3 Å². The molecule has 0 bridgehead atoms. The Labute approximate surface area is 86.3 Å². The highest BCUT2D eigenvalue weighted by atomic mass is 16.5. The van der Waals surface area contributed by atoms with Crippen LogP contribution in [-0.4, -0.2) is 12.6 Å². The Hall–Kier alpha value is -1.23. The Morgan fingerprint density at radius 3 is 2.79 bits per heavy atom. The second kappa shape index (κ2) is 9.85. The fourth-order valence-electron chi connectivity index (χ4n) is 0.895. The van der Waals surface area contributed by atoms with Crippen molar-refractivity contribution in [3.05, 3.63) is 12.2 Å². The van der Waals surface area contributed by atoms with Crippen LogP contribution in [0.4, 0.5) is 0 Å². The monoisotopic (exact) mass is 194 g/mol. The smallest absolute Gasteiger partial charge is 0.331 e. The molecule has 0 N–H and O–H groups in total. The molecule has 0 rings (SSSR count). The van der Waals surface area contributed by atoms with Crippen molar-refractivity contribution in [3.63, 3.8) is 0 Å². The summed E-state index contributed by atoms with van der Waals surface area (Å²) in [6, 6.07) is 0. The van der Waals surface area contributed by atoms with Crippen molar-refractivity contribution < 1.29 is 9.53 Å². The van der Waals surface area contributed by atoms with Gasteiger partial charge in [-0.05, 0) is 19.4 Å². The van der Waals surface area contributed by atoms with Crippen LogP contribution >= 0.6 is 0 Å². The van der Waals surface area contributed by atoms with Crippen molar-refractivity contribution in [2.45, 2.75) is 39.5 Å². The maximum absolute atomic E-state index is 10.8. The van der Waals surface area contributed by atoms with Gasteiger partial charge in [-0.15, -0.1) is 0 Å². The lowest BCUT2D eigenvalue weighted by molar-refractivity contribution is -0.137. The average Bonchev–Trinajstić information content (AvgIpc) is 2.17. The molecule has 0 aliphatic carbocycles. The summed E-state index contributed by atoms with van der Waals surface area (Å²) in [7, 11) is 0. The summed E-state index contributed by atoms with van der Waals surface area (Å²) in [5.74, 6) is 5.45. The van der Waals surface area contributed by atoms with Crippen LogP contribution in [0.3, 0.4) is 0 Å². The summed E-state index contributed by atoms with van der Waals surface area (Å²) in [6.07, 6.45) is 7.37. The van der Waals surface area contributed by atoms with E-state index >= 15 is 0 Å².